The highest BCUT2D eigenvalue weighted by Crippen LogP contribution is 2.47. The Hall–Kier alpha value is -4.05. The number of aliphatic hydroxyl groups is 1. The van der Waals surface area contributed by atoms with Crippen LogP contribution < -0.4 is 19.5 Å². The van der Waals surface area contributed by atoms with Gasteiger partial charge in [0.05, 0.1) is 18.9 Å². The quantitative estimate of drug-likeness (QED) is 0.223. The molecule has 2 aliphatic carbocycles. The van der Waals surface area contributed by atoms with Crippen LogP contribution >= 0.6 is 0 Å². The third-order valence-electron chi connectivity index (χ3n) is 8.41. The number of hydrogen-bond donors (Lipinski definition) is 2. The fraction of sp³-hybridized carbons (Fsp3) is 0.424. The maximum atomic E-state index is 14.5. The molecule has 1 aliphatic heterocycles. The number of fused-ring (bicyclic) bond motifs is 1. The number of carbonyl (C=O) groups excluding carboxylic acids is 2. The van der Waals surface area contributed by atoms with Crippen molar-refractivity contribution in [1.82, 2.24) is 10.3 Å². The molecule has 2 fully saturated rings. The smallest absolute Gasteiger partial charge is 0.236 e. The van der Waals surface area contributed by atoms with E-state index in [4.69, 9.17) is 19.2 Å². The van der Waals surface area contributed by atoms with Crippen LogP contribution in [0.2, 0.25) is 0 Å². The van der Waals surface area contributed by atoms with Gasteiger partial charge in [-0.3, -0.25) is 9.59 Å². The molecule has 2 atom stereocenters. The number of pyridine rings is 1. The second-order valence-corrected chi connectivity index (χ2v) is 12.2. The highest BCUT2D eigenvalue weighted by atomic mass is 19.1. The zero-order chi connectivity index (χ0) is 30.6. The van der Waals surface area contributed by atoms with Crippen LogP contribution in [0.4, 0.5) is 8.78 Å². The number of halogens is 2. The molecule has 1 aromatic heterocycles. The lowest BCUT2D eigenvalue weighted by molar-refractivity contribution is -0.128. The van der Waals surface area contributed by atoms with Gasteiger partial charge in [0.15, 0.2) is 23.1 Å². The summed E-state index contributed by atoms with van der Waals surface area (Å²) in [4.78, 5) is 31.2. The number of rotatable bonds is 11. The SMILES string of the molecule is COc1cc(C(=O)CC[C@](C)(O)c2cc3c(c(-c4ccc(F)cc4)n2)OC[C@]3(C)C(=O)NC2(F)CC2)ccc1OC1CC1. The zero-order valence-corrected chi connectivity index (χ0v) is 24.3. The molecule has 0 saturated heterocycles. The molecular weight excluding hydrogens is 558 g/mol. The van der Waals surface area contributed by atoms with Crippen molar-refractivity contribution in [1.29, 1.82) is 0 Å². The van der Waals surface area contributed by atoms with Crippen LogP contribution in [0.5, 0.6) is 17.2 Å². The van der Waals surface area contributed by atoms with Gasteiger partial charge < -0.3 is 24.6 Å². The number of Topliss-reactive ketones (excluding diaryl/α,β-unsaturated/α-hetero) is 1. The van der Waals surface area contributed by atoms with Gasteiger partial charge in [0.1, 0.15) is 34.9 Å². The summed E-state index contributed by atoms with van der Waals surface area (Å²) in [5.74, 6) is -1.55. The van der Waals surface area contributed by atoms with E-state index in [-0.39, 0.29) is 49.9 Å². The number of benzene rings is 2. The predicted octanol–water partition coefficient (Wildman–Crippen LogP) is 5.53. The van der Waals surface area contributed by atoms with Crippen molar-refractivity contribution in [2.45, 2.75) is 75.3 Å². The molecule has 10 heteroatoms. The van der Waals surface area contributed by atoms with Crippen molar-refractivity contribution >= 4 is 11.7 Å². The van der Waals surface area contributed by atoms with Crippen molar-refractivity contribution in [2.24, 2.45) is 0 Å². The van der Waals surface area contributed by atoms with Crippen LogP contribution in [0.1, 0.15) is 74.0 Å². The monoisotopic (exact) mass is 592 g/mol. The average molecular weight is 593 g/mol. The Labute approximate surface area is 248 Å². The molecule has 2 aromatic carbocycles. The number of nitrogens with one attached hydrogen (secondary N) is 1. The molecule has 43 heavy (non-hydrogen) atoms. The van der Waals surface area contributed by atoms with E-state index in [1.165, 1.54) is 31.4 Å². The first-order chi connectivity index (χ1) is 20.4. The third kappa shape index (κ3) is 5.80. The van der Waals surface area contributed by atoms with Crippen molar-refractivity contribution in [3.8, 4) is 28.5 Å². The van der Waals surface area contributed by atoms with Gasteiger partial charge in [-0.15, -0.1) is 0 Å². The number of carbonyl (C=O) groups is 2. The highest BCUT2D eigenvalue weighted by molar-refractivity contribution is 5.96. The summed E-state index contributed by atoms with van der Waals surface area (Å²) in [6.45, 7) is 3.14. The van der Waals surface area contributed by atoms with Gasteiger partial charge in [0.2, 0.25) is 5.91 Å². The minimum atomic E-state index is -1.73. The molecule has 1 amide bonds. The standard InChI is InChI=1S/C33H34F2N2O6/c1-31(30(39)37-33(35)14-15-33)18-42-29-23(31)17-27(36-28(29)19-4-7-21(34)8-5-19)32(2,40)13-12-24(38)20-6-11-25(26(16-20)41-3)43-22-9-10-22/h4-8,11,16-17,22,40H,9-10,12-15,18H2,1-3H3,(H,37,39)/t31-,32-/m0/s1. The maximum Gasteiger partial charge on any atom is 0.236 e. The van der Waals surface area contributed by atoms with E-state index >= 15 is 0 Å². The van der Waals surface area contributed by atoms with Crippen LogP contribution in [0, 0.1) is 5.82 Å². The number of ketones is 1. The van der Waals surface area contributed by atoms with Crippen LogP contribution in [-0.4, -0.2) is 47.4 Å². The second-order valence-electron chi connectivity index (χ2n) is 12.2. The number of amides is 1. The van der Waals surface area contributed by atoms with E-state index in [9.17, 15) is 23.5 Å². The lowest BCUT2D eigenvalue weighted by atomic mass is 9.81. The Bertz CT molecular complexity index is 1580. The Morgan fingerprint density at radius 1 is 1.14 bits per heavy atom. The van der Waals surface area contributed by atoms with E-state index in [1.54, 1.807) is 38.1 Å². The van der Waals surface area contributed by atoms with E-state index in [0.29, 0.717) is 39.6 Å². The van der Waals surface area contributed by atoms with Crippen molar-refractivity contribution in [3.63, 3.8) is 0 Å². The molecule has 0 radical (unpaired) electrons. The van der Waals surface area contributed by atoms with Gasteiger partial charge in [0.25, 0.3) is 0 Å². The Balaban J connectivity index is 1.29. The third-order valence-corrected chi connectivity index (χ3v) is 8.41. The first-order valence-electron chi connectivity index (χ1n) is 14.5. The first-order valence-corrected chi connectivity index (χ1v) is 14.5. The van der Waals surface area contributed by atoms with Gasteiger partial charge in [-0.2, -0.15) is 0 Å². The van der Waals surface area contributed by atoms with Crippen molar-refractivity contribution in [3.05, 3.63) is 71.2 Å². The lowest BCUT2D eigenvalue weighted by Crippen LogP contribution is -2.47. The summed E-state index contributed by atoms with van der Waals surface area (Å²) >= 11 is 0. The predicted molar refractivity (Wildman–Crippen MR) is 153 cm³/mol. The van der Waals surface area contributed by atoms with Gasteiger partial charge in [0, 0.05) is 36.0 Å². The molecule has 3 aliphatic rings. The number of nitrogens with zero attached hydrogens (tertiary/aromatic N) is 1. The van der Waals surface area contributed by atoms with Gasteiger partial charge in [-0.1, -0.05) is 0 Å². The van der Waals surface area contributed by atoms with Crippen molar-refractivity contribution in [2.75, 3.05) is 13.7 Å². The molecule has 0 unspecified atom stereocenters. The summed E-state index contributed by atoms with van der Waals surface area (Å²) in [7, 11) is 1.52. The number of aromatic nitrogens is 1. The summed E-state index contributed by atoms with van der Waals surface area (Å²) in [5, 5.41) is 14.1. The molecule has 8 nitrogen and oxygen atoms in total. The molecule has 6 rings (SSSR count). The fourth-order valence-corrected chi connectivity index (χ4v) is 5.16. The number of ether oxygens (including phenoxy) is 3. The number of hydrogen-bond acceptors (Lipinski definition) is 7. The Morgan fingerprint density at radius 3 is 2.51 bits per heavy atom. The molecule has 2 heterocycles. The van der Waals surface area contributed by atoms with Crippen molar-refractivity contribution < 1.29 is 37.7 Å². The van der Waals surface area contributed by atoms with Gasteiger partial charge >= 0.3 is 0 Å². The van der Waals surface area contributed by atoms with Gasteiger partial charge in [-0.25, -0.2) is 13.8 Å². The lowest BCUT2D eigenvalue weighted by Gasteiger charge is -2.27. The molecular formula is C33H34F2N2O6. The average Bonchev–Trinajstić information content (AvgIpc) is 3.92. The Morgan fingerprint density at radius 2 is 1.86 bits per heavy atom. The summed E-state index contributed by atoms with van der Waals surface area (Å²) in [6.07, 6.45) is 2.65. The molecule has 0 spiro atoms. The highest BCUT2D eigenvalue weighted by Gasteiger charge is 2.52. The van der Waals surface area contributed by atoms with Crippen LogP contribution in [0.15, 0.2) is 48.5 Å². The minimum absolute atomic E-state index is 0.0117. The molecule has 2 N–H and O–H groups in total. The summed E-state index contributed by atoms with van der Waals surface area (Å²) < 4.78 is 45.5. The maximum absolute atomic E-state index is 14.5. The van der Waals surface area contributed by atoms with E-state index in [1.807, 2.05) is 0 Å². The largest absolute Gasteiger partial charge is 0.493 e. The molecule has 2 saturated carbocycles. The van der Waals surface area contributed by atoms with Crippen LogP contribution in [0.3, 0.4) is 0 Å². The molecule has 0 bridgehead atoms. The van der Waals surface area contributed by atoms with E-state index < -0.39 is 28.5 Å². The zero-order valence-electron chi connectivity index (χ0n) is 24.3. The molecule has 226 valence electrons. The topological polar surface area (TPSA) is 107 Å². The number of methoxy groups -OCH3 is 1. The minimum Gasteiger partial charge on any atom is -0.493 e. The van der Waals surface area contributed by atoms with Gasteiger partial charge in [-0.05, 0) is 81.6 Å². The second kappa shape index (κ2) is 10.6. The van der Waals surface area contributed by atoms with Crippen LogP contribution in [-0.2, 0) is 15.8 Å². The Kier molecular flexibility index (Phi) is 7.15. The van der Waals surface area contributed by atoms with Crippen LogP contribution in [0.25, 0.3) is 11.3 Å². The summed E-state index contributed by atoms with van der Waals surface area (Å²) in [6, 6.07) is 12.2. The van der Waals surface area contributed by atoms with E-state index in [0.717, 1.165) is 12.8 Å². The summed E-state index contributed by atoms with van der Waals surface area (Å²) in [5.41, 5.74) is -0.986. The molecule has 3 aromatic rings. The fourth-order valence-electron chi connectivity index (χ4n) is 5.16. The number of alkyl halides is 1. The first kappa shape index (κ1) is 29.0. The normalized spacial score (nSPS) is 21.3. The van der Waals surface area contributed by atoms with E-state index in [2.05, 4.69) is 5.32 Å².